The SMILES string of the molecule is Nc1cnccc1Oc1ccc([N+](=O)[O-])c(Cl)c1. The standard InChI is InChI=1S/C11H8ClN3O3/c12-8-5-7(1-2-10(8)15(16)17)18-11-3-4-14-6-9(11)13/h1-6H,13H2. The number of benzene rings is 1. The molecule has 0 aliphatic heterocycles. The lowest BCUT2D eigenvalue weighted by Gasteiger charge is -2.07. The number of hydrogen-bond acceptors (Lipinski definition) is 5. The van der Waals surface area contributed by atoms with Crippen LogP contribution in [-0.4, -0.2) is 9.91 Å². The molecule has 0 unspecified atom stereocenters. The molecule has 0 atom stereocenters. The number of nitrogen functional groups attached to an aromatic ring is 1. The fourth-order valence-electron chi connectivity index (χ4n) is 1.31. The number of halogens is 1. The van der Waals surface area contributed by atoms with Crippen molar-refractivity contribution in [1.29, 1.82) is 0 Å². The molecule has 18 heavy (non-hydrogen) atoms. The first-order valence-electron chi connectivity index (χ1n) is 4.89. The van der Waals surface area contributed by atoms with E-state index < -0.39 is 4.92 Å². The molecular formula is C11H8ClN3O3. The number of rotatable bonds is 3. The first kappa shape index (κ1) is 12.1. The van der Waals surface area contributed by atoms with Crippen LogP contribution in [0.1, 0.15) is 0 Å². The Kier molecular flexibility index (Phi) is 3.29. The molecule has 0 spiro atoms. The van der Waals surface area contributed by atoms with Gasteiger partial charge in [-0.3, -0.25) is 15.1 Å². The van der Waals surface area contributed by atoms with E-state index in [-0.39, 0.29) is 10.7 Å². The molecule has 0 bridgehead atoms. The van der Waals surface area contributed by atoms with Crippen LogP contribution in [0.3, 0.4) is 0 Å². The molecule has 0 amide bonds. The van der Waals surface area contributed by atoms with Crippen LogP contribution in [0.2, 0.25) is 5.02 Å². The third-order valence-electron chi connectivity index (χ3n) is 2.15. The highest BCUT2D eigenvalue weighted by molar-refractivity contribution is 6.32. The molecule has 2 rings (SSSR count). The van der Waals surface area contributed by atoms with Gasteiger partial charge in [0.1, 0.15) is 10.8 Å². The Morgan fingerprint density at radius 1 is 1.39 bits per heavy atom. The lowest BCUT2D eigenvalue weighted by molar-refractivity contribution is -0.384. The van der Waals surface area contributed by atoms with Crippen molar-refractivity contribution < 1.29 is 9.66 Å². The van der Waals surface area contributed by atoms with E-state index >= 15 is 0 Å². The normalized spacial score (nSPS) is 10.1. The molecule has 0 aliphatic carbocycles. The van der Waals surface area contributed by atoms with Crippen molar-refractivity contribution in [3.8, 4) is 11.5 Å². The summed E-state index contributed by atoms with van der Waals surface area (Å²) >= 11 is 5.77. The van der Waals surface area contributed by atoms with Crippen LogP contribution in [0.25, 0.3) is 0 Å². The van der Waals surface area contributed by atoms with Gasteiger partial charge in [-0.15, -0.1) is 0 Å². The van der Waals surface area contributed by atoms with Gasteiger partial charge in [-0.25, -0.2) is 0 Å². The second-order valence-electron chi connectivity index (χ2n) is 3.39. The zero-order valence-electron chi connectivity index (χ0n) is 9.04. The smallest absolute Gasteiger partial charge is 0.288 e. The Balaban J connectivity index is 2.29. The molecule has 1 aromatic heterocycles. The lowest BCUT2D eigenvalue weighted by Crippen LogP contribution is -1.93. The summed E-state index contributed by atoms with van der Waals surface area (Å²) in [7, 11) is 0. The van der Waals surface area contributed by atoms with Crippen LogP contribution >= 0.6 is 11.6 Å². The molecule has 0 radical (unpaired) electrons. The number of ether oxygens (including phenoxy) is 1. The molecule has 0 aliphatic rings. The van der Waals surface area contributed by atoms with E-state index in [9.17, 15) is 10.1 Å². The molecule has 2 N–H and O–H groups in total. The van der Waals surface area contributed by atoms with Crippen molar-refractivity contribution in [2.75, 3.05) is 5.73 Å². The summed E-state index contributed by atoms with van der Waals surface area (Å²) < 4.78 is 5.45. The maximum Gasteiger partial charge on any atom is 0.288 e. The summed E-state index contributed by atoms with van der Waals surface area (Å²) in [5.74, 6) is 0.776. The molecular weight excluding hydrogens is 258 g/mol. The van der Waals surface area contributed by atoms with Gasteiger partial charge in [-0.2, -0.15) is 0 Å². The fourth-order valence-corrected chi connectivity index (χ4v) is 1.55. The second-order valence-corrected chi connectivity index (χ2v) is 3.79. The summed E-state index contributed by atoms with van der Waals surface area (Å²) in [6.07, 6.45) is 2.97. The minimum Gasteiger partial charge on any atom is -0.455 e. The van der Waals surface area contributed by atoms with E-state index in [4.69, 9.17) is 22.1 Å². The number of hydrogen-bond donors (Lipinski definition) is 1. The number of anilines is 1. The molecule has 1 heterocycles. The quantitative estimate of drug-likeness (QED) is 0.680. The summed E-state index contributed by atoms with van der Waals surface area (Å²) in [5.41, 5.74) is 5.85. The maximum atomic E-state index is 10.6. The summed E-state index contributed by atoms with van der Waals surface area (Å²) in [5, 5.41) is 10.6. The van der Waals surface area contributed by atoms with Crippen LogP contribution in [0.15, 0.2) is 36.7 Å². The Morgan fingerprint density at radius 3 is 2.78 bits per heavy atom. The molecule has 1 aromatic carbocycles. The highest BCUT2D eigenvalue weighted by atomic mass is 35.5. The molecule has 7 heteroatoms. The van der Waals surface area contributed by atoms with Crippen LogP contribution < -0.4 is 10.5 Å². The number of nitro groups is 1. The van der Waals surface area contributed by atoms with Crippen molar-refractivity contribution >= 4 is 23.0 Å². The predicted octanol–water partition coefficient (Wildman–Crippen LogP) is 3.02. The Morgan fingerprint density at radius 2 is 2.17 bits per heavy atom. The van der Waals surface area contributed by atoms with Gasteiger partial charge < -0.3 is 10.5 Å². The zero-order valence-corrected chi connectivity index (χ0v) is 9.79. The van der Waals surface area contributed by atoms with Crippen molar-refractivity contribution in [3.63, 3.8) is 0 Å². The van der Waals surface area contributed by atoms with Gasteiger partial charge in [0.15, 0.2) is 5.75 Å². The van der Waals surface area contributed by atoms with Crippen LogP contribution in [0.4, 0.5) is 11.4 Å². The molecule has 0 fully saturated rings. The molecule has 0 saturated carbocycles. The van der Waals surface area contributed by atoms with Gasteiger partial charge in [0, 0.05) is 24.4 Å². The Labute approximate surface area is 107 Å². The van der Waals surface area contributed by atoms with Gasteiger partial charge in [-0.05, 0) is 6.07 Å². The van der Waals surface area contributed by atoms with E-state index in [0.717, 1.165) is 0 Å². The Hall–Kier alpha value is -2.34. The van der Waals surface area contributed by atoms with Gasteiger partial charge in [-0.1, -0.05) is 11.6 Å². The first-order valence-corrected chi connectivity index (χ1v) is 5.27. The fraction of sp³-hybridized carbons (Fsp3) is 0. The maximum absolute atomic E-state index is 10.6. The third kappa shape index (κ3) is 2.49. The number of pyridine rings is 1. The predicted molar refractivity (Wildman–Crippen MR) is 66.8 cm³/mol. The van der Waals surface area contributed by atoms with E-state index in [1.54, 1.807) is 6.07 Å². The van der Waals surface area contributed by atoms with Crippen molar-refractivity contribution in [1.82, 2.24) is 4.98 Å². The van der Waals surface area contributed by atoms with Gasteiger partial charge in [0.05, 0.1) is 16.8 Å². The average molecular weight is 266 g/mol. The van der Waals surface area contributed by atoms with E-state index in [1.165, 1.54) is 30.6 Å². The summed E-state index contributed by atoms with van der Waals surface area (Å²) in [4.78, 5) is 13.9. The van der Waals surface area contributed by atoms with E-state index in [0.29, 0.717) is 17.2 Å². The average Bonchev–Trinajstić information content (AvgIpc) is 2.32. The van der Waals surface area contributed by atoms with E-state index in [2.05, 4.69) is 4.98 Å². The van der Waals surface area contributed by atoms with Crippen molar-refractivity contribution in [2.24, 2.45) is 0 Å². The van der Waals surface area contributed by atoms with Crippen molar-refractivity contribution in [2.45, 2.75) is 0 Å². The summed E-state index contributed by atoms with van der Waals surface area (Å²) in [6, 6.07) is 5.67. The largest absolute Gasteiger partial charge is 0.455 e. The number of nitrogens with zero attached hydrogens (tertiary/aromatic N) is 2. The van der Waals surface area contributed by atoms with Gasteiger partial charge in [0.2, 0.25) is 0 Å². The molecule has 92 valence electrons. The minimum absolute atomic E-state index is 0.00475. The second kappa shape index (κ2) is 4.89. The van der Waals surface area contributed by atoms with Crippen LogP contribution in [-0.2, 0) is 0 Å². The topological polar surface area (TPSA) is 91.3 Å². The number of nitro benzene ring substituents is 1. The Bertz CT molecular complexity index is 604. The van der Waals surface area contributed by atoms with Crippen molar-refractivity contribution in [3.05, 3.63) is 51.8 Å². The first-order chi connectivity index (χ1) is 8.58. The van der Waals surface area contributed by atoms with Gasteiger partial charge >= 0.3 is 0 Å². The number of aromatic nitrogens is 1. The van der Waals surface area contributed by atoms with Gasteiger partial charge in [0.25, 0.3) is 5.69 Å². The molecule has 6 nitrogen and oxygen atoms in total. The highest BCUT2D eigenvalue weighted by Gasteiger charge is 2.13. The molecule has 2 aromatic rings. The monoisotopic (exact) mass is 265 g/mol. The van der Waals surface area contributed by atoms with E-state index in [1.807, 2.05) is 0 Å². The molecule has 0 saturated heterocycles. The number of nitrogens with two attached hydrogens (primary N) is 1. The third-order valence-corrected chi connectivity index (χ3v) is 2.46. The lowest BCUT2D eigenvalue weighted by atomic mass is 10.3. The zero-order chi connectivity index (χ0) is 13.1. The highest BCUT2D eigenvalue weighted by Crippen LogP contribution is 2.32. The van der Waals surface area contributed by atoms with Crippen LogP contribution in [0, 0.1) is 10.1 Å². The summed E-state index contributed by atoms with van der Waals surface area (Å²) in [6.45, 7) is 0. The van der Waals surface area contributed by atoms with Crippen LogP contribution in [0.5, 0.6) is 11.5 Å². The minimum atomic E-state index is -0.563.